The van der Waals surface area contributed by atoms with E-state index in [1.54, 1.807) is 0 Å². The summed E-state index contributed by atoms with van der Waals surface area (Å²) in [6, 6.07) is 0. The molecule has 0 fully saturated rings. The summed E-state index contributed by atoms with van der Waals surface area (Å²) in [4.78, 5) is 0. The normalized spacial score (nSPS) is 7.50. The summed E-state index contributed by atoms with van der Waals surface area (Å²) in [5.74, 6) is 0. The number of rotatable bonds is 1. The van der Waals surface area contributed by atoms with Gasteiger partial charge >= 0.3 is 0 Å². The molecule has 4 heavy (non-hydrogen) atoms. The van der Waals surface area contributed by atoms with Gasteiger partial charge in [-0.3, -0.25) is 0 Å². The zero-order chi connectivity index (χ0) is 3.41. The minimum atomic E-state index is 0.750. The van der Waals surface area contributed by atoms with E-state index in [1.807, 2.05) is 6.92 Å². The van der Waals surface area contributed by atoms with Crippen LogP contribution in [0.2, 0.25) is 0 Å². The largest absolute Gasteiger partial charge is 0.566 e. The van der Waals surface area contributed by atoms with Crippen molar-refractivity contribution < 1.29 is 5.11 Å². The average Bonchev–Trinajstić information content (AvgIpc) is 1.37. The number of aliphatic hydroxyl groups is 1. The van der Waals surface area contributed by atoms with Gasteiger partial charge in [-0.05, 0) is 0 Å². The fourth-order valence-corrected chi connectivity index (χ4v) is 0. The Morgan fingerprint density at radius 2 is 2.25 bits per heavy atom. The van der Waals surface area contributed by atoms with Gasteiger partial charge in [0.1, 0.15) is 0 Å². The second-order valence-electron chi connectivity index (χ2n) is 0.591. The lowest BCUT2D eigenvalue weighted by Crippen LogP contribution is -1.57. The quantitative estimate of drug-likeness (QED) is 0.445. The second-order valence-corrected chi connectivity index (χ2v) is 0.591. The smallest absolute Gasteiger partial charge is 0.0907 e. The van der Waals surface area contributed by atoms with Crippen LogP contribution in [0.15, 0.2) is 0 Å². The SMILES string of the molecule is CC[CH-]O. The monoisotopic (exact) mass is 59.1 g/mol. The van der Waals surface area contributed by atoms with Crippen molar-refractivity contribution in [3.8, 4) is 0 Å². The Hall–Kier alpha value is -0.0400. The molecule has 0 amide bonds. The van der Waals surface area contributed by atoms with Gasteiger partial charge in [0.2, 0.25) is 0 Å². The first-order chi connectivity index (χ1) is 1.91. The molecule has 0 bridgehead atoms. The van der Waals surface area contributed by atoms with Gasteiger partial charge in [0.25, 0.3) is 0 Å². The van der Waals surface area contributed by atoms with Crippen molar-refractivity contribution in [3.63, 3.8) is 0 Å². The van der Waals surface area contributed by atoms with E-state index in [0.29, 0.717) is 0 Å². The molecule has 0 aliphatic rings. The molecule has 0 aromatic carbocycles. The lowest BCUT2D eigenvalue weighted by molar-refractivity contribution is 0.381. The topological polar surface area (TPSA) is 20.2 Å². The summed E-state index contributed by atoms with van der Waals surface area (Å²) < 4.78 is 0. The summed E-state index contributed by atoms with van der Waals surface area (Å²) >= 11 is 0. The summed E-state index contributed by atoms with van der Waals surface area (Å²) in [6.45, 7) is 3.00. The van der Waals surface area contributed by atoms with E-state index in [0.717, 1.165) is 13.0 Å². The van der Waals surface area contributed by atoms with E-state index in [2.05, 4.69) is 0 Å². The molecule has 0 unspecified atom stereocenters. The lowest BCUT2D eigenvalue weighted by atomic mass is 10.5. The zero-order valence-electron chi connectivity index (χ0n) is 2.73. The third kappa shape index (κ3) is 1.96. The molecule has 0 atom stereocenters. The van der Waals surface area contributed by atoms with Crippen LogP contribution in [0.5, 0.6) is 0 Å². The van der Waals surface area contributed by atoms with Gasteiger partial charge in [0.05, 0.1) is 0 Å². The number of hydrogen-bond donors (Lipinski definition) is 1. The molecule has 0 saturated heterocycles. The van der Waals surface area contributed by atoms with Gasteiger partial charge in [-0.25, -0.2) is 6.61 Å². The molecule has 0 aromatic rings. The maximum Gasteiger partial charge on any atom is -0.0907 e. The Morgan fingerprint density at radius 3 is 2.25 bits per heavy atom. The lowest BCUT2D eigenvalue weighted by Gasteiger charge is -1.86. The summed E-state index contributed by atoms with van der Waals surface area (Å²) in [6.07, 6.45) is 0.750. The van der Waals surface area contributed by atoms with Crippen molar-refractivity contribution in [2.75, 3.05) is 0 Å². The first-order valence-electron chi connectivity index (χ1n) is 1.37. The van der Waals surface area contributed by atoms with E-state index in [9.17, 15) is 0 Å². The van der Waals surface area contributed by atoms with Crippen molar-refractivity contribution in [1.29, 1.82) is 0 Å². The second kappa shape index (κ2) is 2.96. The minimum absolute atomic E-state index is 0.750. The van der Waals surface area contributed by atoms with E-state index < -0.39 is 0 Å². The maximum absolute atomic E-state index is 7.75. The molecule has 0 aliphatic heterocycles. The van der Waals surface area contributed by atoms with Crippen LogP contribution in [-0.4, -0.2) is 5.11 Å². The maximum atomic E-state index is 7.75. The molecular formula is C3H7O-. The number of hydrogen-bond acceptors (Lipinski definition) is 1. The van der Waals surface area contributed by atoms with Crippen LogP contribution in [0.1, 0.15) is 13.3 Å². The van der Waals surface area contributed by atoms with Crippen molar-refractivity contribution in [2.45, 2.75) is 13.3 Å². The van der Waals surface area contributed by atoms with Crippen LogP contribution >= 0.6 is 0 Å². The molecule has 1 heteroatoms. The van der Waals surface area contributed by atoms with Crippen LogP contribution in [-0.2, 0) is 0 Å². The fourth-order valence-electron chi connectivity index (χ4n) is 0. The van der Waals surface area contributed by atoms with Crippen molar-refractivity contribution in [1.82, 2.24) is 0 Å². The van der Waals surface area contributed by atoms with Gasteiger partial charge in [-0.15, -0.1) is 0 Å². The Morgan fingerprint density at radius 1 is 2.00 bits per heavy atom. The minimum Gasteiger partial charge on any atom is -0.566 e. The van der Waals surface area contributed by atoms with E-state index in [1.165, 1.54) is 0 Å². The van der Waals surface area contributed by atoms with Crippen molar-refractivity contribution in [2.24, 2.45) is 0 Å². The van der Waals surface area contributed by atoms with Gasteiger partial charge in [0.15, 0.2) is 0 Å². The van der Waals surface area contributed by atoms with Crippen LogP contribution in [0.25, 0.3) is 0 Å². The number of aliphatic hydroxyl groups excluding tert-OH is 1. The molecule has 0 heterocycles. The Kier molecular flexibility index (Phi) is 2.93. The Bertz CT molecular complexity index is 5.25. The summed E-state index contributed by atoms with van der Waals surface area (Å²) in [5.41, 5.74) is 0. The third-order valence-corrected chi connectivity index (χ3v) is 0.183. The van der Waals surface area contributed by atoms with Crippen LogP contribution in [0, 0.1) is 6.61 Å². The highest BCUT2D eigenvalue weighted by atomic mass is 16.2. The predicted octanol–water partition coefficient (Wildman–Crippen LogP) is 0.931. The zero-order valence-corrected chi connectivity index (χ0v) is 2.73. The molecule has 0 radical (unpaired) electrons. The van der Waals surface area contributed by atoms with E-state index in [-0.39, 0.29) is 0 Å². The summed E-state index contributed by atoms with van der Waals surface area (Å²) in [7, 11) is 0. The third-order valence-electron chi connectivity index (χ3n) is 0.183. The van der Waals surface area contributed by atoms with Gasteiger partial charge in [0, 0.05) is 0 Å². The fraction of sp³-hybridized carbons (Fsp3) is 0.667. The van der Waals surface area contributed by atoms with Gasteiger partial charge in [-0.1, -0.05) is 6.92 Å². The van der Waals surface area contributed by atoms with Crippen molar-refractivity contribution >= 4 is 0 Å². The first kappa shape index (κ1) is 3.96. The highest BCUT2D eigenvalue weighted by molar-refractivity contribution is 4.32. The Labute approximate surface area is 26.3 Å². The van der Waals surface area contributed by atoms with Crippen molar-refractivity contribution in [3.05, 3.63) is 6.61 Å². The standard InChI is InChI=1S/C3H7O/c1-2-3-4/h3-4H,2H2,1H3/q-1. The molecule has 0 spiro atoms. The predicted molar refractivity (Wildman–Crippen MR) is 16.5 cm³/mol. The first-order valence-corrected chi connectivity index (χ1v) is 1.37. The molecule has 0 aromatic heterocycles. The molecule has 0 aliphatic carbocycles. The molecule has 1 N–H and O–H groups in total. The Balaban J connectivity index is 1.97. The van der Waals surface area contributed by atoms with E-state index >= 15 is 0 Å². The van der Waals surface area contributed by atoms with Crippen LogP contribution in [0.3, 0.4) is 0 Å². The molecule has 1 nitrogen and oxygen atoms in total. The summed E-state index contributed by atoms with van der Waals surface area (Å²) in [5, 5.41) is 7.75. The van der Waals surface area contributed by atoms with Gasteiger partial charge < -0.3 is 5.11 Å². The van der Waals surface area contributed by atoms with Crippen LogP contribution in [0.4, 0.5) is 0 Å². The van der Waals surface area contributed by atoms with Gasteiger partial charge in [-0.2, -0.15) is 6.42 Å². The van der Waals surface area contributed by atoms with E-state index in [4.69, 9.17) is 5.11 Å². The average molecular weight is 59.1 g/mol. The highest BCUT2D eigenvalue weighted by Crippen LogP contribution is 1.69. The molecule has 26 valence electrons. The highest BCUT2D eigenvalue weighted by Gasteiger charge is 1.41. The molecule has 0 rings (SSSR count). The van der Waals surface area contributed by atoms with Crippen LogP contribution < -0.4 is 0 Å². The molecular weight excluding hydrogens is 52.0 g/mol. The molecule has 0 saturated carbocycles.